The van der Waals surface area contributed by atoms with Crippen LogP contribution in [0.5, 0.6) is 0 Å². The molecular formula is C37H56BrNO3P2. The molecule has 244 valence electrons. The molecule has 3 aromatic carbocycles. The minimum atomic E-state index is -3.17. The standard InChI is InChI=1S/C37H56NO3P2.BrH/c1-5-40-43(39,41-6-2)37(3,4)38-32-24-13-11-9-7-8-10-12-14-25-33-42(34-26-18-15-19-27-34,35-28-20-16-21-29-35)36-30-22-17-23-31-36;/h15-23,26-31,38H,5-14,24-25,32-33H2,1-4H3;1H/q+1;/p-1. The van der Waals surface area contributed by atoms with Crippen molar-refractivity contribution in [2.24, 2.45) is 0 Å². The minimum absolute atomic E-state index is 0. The lowest BCUT2D eigenvalue weighted by molar-refractivity contribution is -0.0000134. The topological polar surface area (TPSA) is 47.6 Å². The van der Waals surface area contributed by atoms with E-state index in [-0.39, 0.29) is 17.0 Å². The molecule has 7 heteroatoms. The Labute approximate surface area is 279 Å². The molecular weight excluding hydrogens is 648 g/mol. The van der Waals surface area contributed by atoms with E-state index in [4.69, 9.17) is 9.05 Å². The van der Waals surface area contributed by atoms with Gasteiger partial charge in [0.15, 0.2) is 0 Å². The molecule has 0 spiro atoms. The molecule has 44 heavy (non-hydrogen) atoms. The zero-order valence-corrected chi connectivity index (χ0v) is 30.9. The highest BCUT2D eigenvalue weighted by molar-refractivity contribution is 7.95. The molecule has 4 nitrogen and oxygen atoms in total. The van der Waals surface area contributed by atoms with E-state index < -0.39 is 20.1 Å². The average Bonchev–Trinajstić information content (AvgIpc) is 3.03. The number of hydrogen-bond donors (Lipinski definition) is 1. The van der Waals surface area contributed by atoms with Gasteiger partial charge in [-0.3, -0.25) is 4.57 Å². The summed E-state index contributed by atoms with van der Waals surface area (Å²) in [5, 5.41) is 7.22. The monoisotopic (exact) mass is 703 g/mol. The van der Waals surface area contributed by atoms with Gasteiger partial charge in [0, 0.05) is 0 Å². The number of rotatable bonds is 22. The second-order valence-corrected chi connectivity index (χ2v) is 18.1. The van der Waals surface area contributed by atoms with Crippen molar-refractivity contribution in [3.63, 3.8) is 0 Å². The van der Waals surface area contributed by atoms with Crippen molar-refractivity contribution in [3.05, 3.63) is 91.0 Å². The minimum Gasteiger partial charge on any atom is -1.00 e. The third kappa shape index (κ3) is 11.2. The molecule has 0 amide bonds. The van der Waals surface area contributed by atoms with Crippen LogP contribution in [0.1, 0.15) is 91.9 Å². The summed E-state index contributed by atoms with van der Waals surface area (Å²) in [6.45, 7) is 9.17. The highest BCUT2D eigenvalue weighted by Crippen LogP contribution is 2.58. The first-order chi connectivity index (χ1) is 20.9. The third-order valence-electron chi connectivity index (χ3n) is 8.35. The van der Waals surface area contributed by atoms with Crippen LogP contribution in [-0.2, 0) is 13.6 Å². The Hall–Kier alpha value is -1.32. The van der Waals surface area contributed by atoms with Crippen molar-refractivity contribution in [1.82, 2.24) is 5.32 Å². The Kier molecular flexibility index (Phi) is 18.3. The third-order valence-corrected chi connectivity index (χ3v) is 15.6. The zero-order valence-electron chi connectivity index (χ0n) is 27.6. The molecule has 3 rings (SSSR count). The molecule has 0 saturated heterocycles. The van der Waals surface area contributed by atoms with Gasteiger partial charge in [0.25, 0.3) is 0 Å². The van der Waals surface area contributed by atoms with Gasteiger partial charge in [-0.25, -0.2) is 0 Å². The molecule has 0 aliphatic heterocycles. The summed E-state index contributed by atoms with van der Waals surface area (Å²) in [6, 6.07) is 33.8. The number of benzene rings is 3. The molecule has 1 N–H and O–H groups in total. The fraction of sp³-hybridized carbons (Fsp3) is 0.514. The summed E-state index contributed by atoms with van der Waals surface area (Å²) in [4.78, 5) is 0. The molecule has 3 aromatic rings. The first-order valence-corrected chi connectivity index (χ1v) is 20.1. The van der Waals surface area contributed by atoms with Crippen molar-refractivity contribution >= 4 is 30.8 Å². The summed E-state index contributed by atoms with van der Waals surface area (Å²) in [6.07, 6.45) is 13.9. The van der Waals surface area contributed by atoms with E-state index in [0.29, 0.717) is 13.2 Å². The maximum atomic E-state index is 13.1. The second kappa shape index (κ2) is 20.7. The van der Waals surface area contributed by atoms with Gasteiger partial charge < -0.3 is 31.3 Å². The van der Waals surface area contributed by atoms with Crippen molar-refractivity contribution < 1.29 is 30.6 Å². The normalized spacial score (nSPS) is 12.2. The van der Waals surface area contributed by atoms with Crippen LogP contribution in [0, 0.1) is 0 Å². The zero-order chi connectivity index (χ0) is 30.9. The van der Waals surface area contributed by atoms with E-state index in [9.17, 15) is 4.57 Å². The van der Waals surface area contributed by atoms with Crippen molar-refractivity contribution in [3.8, 4) is 0 Å². The lowest BCUT2D eigenvalue weighted by Gasteiger charge is -2.33. The van der Waals surface area contributed by atoms with Gasteiger partial charge in [-0.15, -0.1) is 0 Å². The molecule has 0 atom stereocenters. The Morgan fingerprint density at radius 3 is 1.30 bits per heavy atom. The molecule has 0 unspecified atom stereocenters. The SMILES string of the molecule is CCOP(=O)(OCC)C(C)(C)NCCCCCCCCCCCC[P+](c1ccccc1)(c1ccccc1)c1ccccc1.[Br-]. The maximum Gasteiger partial charge on any atom is 0.349 e. The van der Waals surface area contributed by atoms with Crippen LogP contribution in [-0.4, -0.2) is 31.2 Å². The first kappa shape index (κ1) is 38.9. The first-order valence-electron chi connectivity index (χ1n) is 16.6. The summed E-state index contributed by atoms with van der Waals surface area (Å²) < 4.78 is 24.2. The predicted octanol–water partition coefficient (Wildman–Crippen LogP) is 6.48. The van der Waals surface area contributed by atoms with Crippen LogP contribution in [0.4, 0.5) is 0 Å². The average molecular weight is 705 g/mol. The van der Waals surface area contributed by atoms with E-state index in [2.05, 4.69) is 96.3 Å². The van der Waals surface area contributed by atoms with Crippen LogP contribution < -0.4 is 38.2 Å². The fourth-order valence-corrected chi connectivity index (χ4v) is 12.1. The van der Waals surface area contributed by atoms with Crippen LogP contribution in [0.2, 0.25) is 0 Å². The van der Waals surface area contributed by atoms with E-state index in [1.165, 1.54) is 79.9 Å². The van der Waals surface area contributed by atoms with E-state index >= 15 is 0 Å². The summed E-state index contributed by atoms with van der Waals surface area (Å²) in [5.41, 5.74) is 0. The molecule has 0 bridgehead atoms. The van der Waals surface area contributed by atoms with Crippen LogP contribution >= 0.6 is 14.9 Å². The van der Waals surface area contributed by atoms with Gasteiger partial charge in [0.1, 0.15) is 28.5 Å². The van der Waals surface area contributed by atoms with Crippen molar-refractivity contribution in [1.29, 1.82) is 0 Å². The van der Waals surface area contributed by atoms with Crippen LogP contribution in [0.3, 0.4) is 0 Å². The highest BCUT2D eigenvalue weighted by Gasteiger charge is 2.44. The van der Waals surface area contributed by atoms with Gasteiger partial charge in [-0.2, -0.15) is 0 Å². The number of nitrogens with one attached hydrogen (secondary N) is 1. The number of unbranched alkanes of at least 4 members (excludes halogenated alkanes) is 9. The highest BCUT2D eigenvalue weighted by atomic mass is 79.9. The molecule has 0 saturated carbocycles. The Morgan fingerprint density at radius 2 is 0.932 bits per heavy atom. The van der Waals surface area contributed by atoms with Crippen LogP contribution in [0.25, 0.3) is 0 Å². The summed E-state index contributed by atoms with van der Waals surface area (Å²) >= 11 is 0. The largest absolute Gasteiger partial charge is 1.00 e. The molecule has 0 aliphatic rings. The summed E-state index contributed by atoms with van der Waals surface area (Å²) in [7, 11) is -4.87. The van der Waals surface area contributed by atoms with Crippen LogP contribution in [0.15, 0.2) is 91.0 Å². The number of halogens is 1. The van der Waals surface area contributed by atoms with Crippen molar-refractivity contribution in [2.45, 2.75) is 97.2 Å². The molecule has 0 fully saturated rings. The Balaban J connectivity index is 0.00000675. The molecule has 0 heterocycles. The van der Waals surface area contributed by atoms with E-state index in [1.807, 2.05) is 27.7 Å². The van der Waals surface area contributed by atoms with Gasteiger partial charge >= 0.3 is 7.60 Å². The van der Waals surface area contributed by atoms with E-state index in [1.54, 1.807) is 0 Å². The molecule has 0 radical (unpaired) electrons. The maximum absolute atomic E-state index is 13.1. The lowest BCUT2D eigenvalue weighted by Crippen LogP contribution is -3.00. The molecule has 0 aliphatic carbocycles. The van der Waals surface area contributed by atoms with Crippen molar-refractivity contribution in [2.75, 3.05) is 25.9 Å². The fourth-order valence-electron chi connectivity index (χ4n) is 5.96. The number of hydrogen-bond acceptors (Lipinski definition) is 4. The lowest BCUT2D eigenvalue weighted by atomic mass is 10.1. The molecule has 0 aromatic heterocycles. The van der Waals surface area contributed by atoms with E-state index in [0.717, 1.165) is 13.0 Å². The Morgan fingerprint density at radius 1 is 0.591 bits per heavy atom. The Bertz CT molecular complexity index is 1090. The predicted molar refractivity (Wildman–Crippen MR) is 189 cm³/mol. The second-order valence-electron chi connectivity index (χ2n) is 11.9. The van der Waals surface area contributed by atoms with Gasteiger partial charge in [-0.05, 0) is 89.9 Å². The van der Waals surface area contributed by atoms with Gasteiger partial charge in [0.2, 0.25) is 0 Å². The van der Waals surface area contributed by atoms with Gasteiger partial charge in [-0.1, -0.05) is 99.5 Å². The smallest absolute Gasteiger partial charge is 0.349 e. The summed E-state index contributed by atoms with van der Waals surface area (Å²) in [5.74, 6) is 0. The quantitative estimate of drug-likeness (QED) is 0.0962. The van der Waals surface area contributed by atoms with Gasteiger partial charge in [0.05, 0.1) is 19.4 Å².